The zero-order valence-electron chi connectivity index (χ0n) is 25.7. The van der Waals surface area contributed by atoms with Gasteiger partial charge in [-0.15, -0.1) is 0 Å². The number of carbonyl (C=O) groups is 2. The van der Waals surface area contributed by atoms with Gasteiger partial charge >= 0.3 is 11.9 Å². The third-order valence-electron chi connectivity index (χ3n) is 8.80. The monoisotopic (exact) mass is 564 g/mol. The van der Waals surface area contributed by atoms with Crippen molar-refractivity contribution in [2.24, 2.45) is 17.3 Å². The first-order valence-electron chi connectivity index (χ1n) is 15.3. The van der Waals surface area contributed by atoms with Crippen LogP contribution in [0.25, 0.3) is 0 Å². The van der Waals surface area contributed by atoms with E-state index in [1.807, 2.05) is 71.0 Å². The summed E-state index contributed by atoms with van der Waals surface area (Å²) in [6, 6.07) is 15.3. The zero-order valence-corrected chi connectivity index (χ0v) is 25.7. The van der Waals surface area contributed by atoms with Crippen molar-refractivity contribution in [3.8, 4) is 11.5 Å². The second-order valence-electron chi connectivity index (χ2n) is 13.8. The average Bonchev–Trinajstić information content (AvgIpc) is 3.53. The third kappa shape index (κ3) is 8.50. The molecule has 41 heavy (non-hydrogen) atoms. The number of phenolic OH excluding ortho intramolecular Hbond substituents is 1. The Bertz CT molecular complexity index is 1160. The van der Waals surface area contributed by atoms with E-state index in [1.54, 1.807) is 12.1 Å². The molecule has 6 heteroatoms. The molecule has 2 fully saturated rings. The maximum Gasteiger partial charge on any atom is 0.344 e. The molecule has 1 N–H and O–H groups in total. The topological polar surface area (TPSA) is 82.1 Å². The van der Waals surface area contributed by atoms with Gasteiger partial charge < -0.3 is 19.3 Å². The Balaban J connectivity index is 1.45. The van der Waals surface area contributed by atoms with Crippen LogP contribution in [-0.4, -0.2) is 35.4 Å². The van der Waals surface area contributed by atoms with E-state index in [4.69, 9.17) is 14.2 Å². The molecule has 0 radical (unpaired) electrons. The molecule has 0 saturated heterocycles. The summed E-state index contributed by atoms with van der Waals surface area (Å²) in [6.07, 6.45) is 7.07. The fraction of sp³-hybridized carbons (Fsp3) is 0.600. The fourth-order valence-corrected chi connectivity index (χ4v) is 6.59. The van der Waals surface area contributed by atoms with Gasteiger partial charge in [0.25, 0.3) is 0 Å². The highest BCUT2D eigenvalue weighted by Crippen LogP contribution is 2.46. The van der Waals surface area contributed by atoms with E-state index in [2.05, 4.69) is 6.92 Å². The number of ether oxygens (including phenoxy) is 3. The highest BCUT2D eigenvalue weighted by atomic mass is 16.6. The van der Waals surface area contributed by atoms with E-state index < -0.39 is 11.0 Å². The van der Waals surface area contributed by atoms with Crippen LogP contribution in [0.1, 0.15) is 109 Å². The predicted octanol–water partition coefficient (Wildman–Crippen LogP) is 7.93. The van der Waals surface area contributed by atoms with Gasteiger partial charge in [0.2, 0.25) is 0 Å². The lowest BCUT2D eigenvalue weighted by Gasteiger charge is -2.33. The van der Waals surface area contributed by atoms with Crippen LogP contribution in [-0.2, 0) is 19.1 Å². The Morgan fingerprint density at radius 3 is 2.10 bits per heavy atom. The van der Waals surface area contributed by atoms with Crippen molar-refractivity contribution < 1.29 is 28.9 Å². The SMILES string of the molecule is CCC(CC(CC(C)(C)C(=O)OC(C)(C)C)c1ccc(OCC(=O)OC2CC3CCC2C3)cc1)c1ccc(O)cc1. The zero-order chi connectivity index (χ0) is 29.8. The van der Waals surface area contributed by atoms with E-state index >= 15 is 0 Å². The van der Waals surface area contributed by atoms with Gasteiger partial charge in [0.05, 0.1) is 5.41 Å². The van der Waals surface area contributed by atoms with Crippen LogP contribution in [0.15, 0.2) is 48.5 Å². The normalized spacial score (nSPS) is 21.8. The quantitative estimate of drug-likeness (QED) is 0.264. The minimum absolute atomic E-state index is 0.0569. The minimum Gasteiger partial charge on any atom is -0.508 e. The molecule has 0 spiro atoms. The molecular weight excluding hydrogens is 516 g/mol. The summed E-state index contributed by atoms with van der Waals surface area (Å²) in [7, 11) is 0. The van der Waals surface area contributed by atoms with Crippen molar-refractivity contribution in [2.75, 3.05) is 6.61 Å². The molecule has 0 heterocycles. The van der Waals surface area contributed by atoms with Crippen LogP contribution < -0.4 is 4.74 Å². The molecule has 4 rings (SSSR count). The Kier molecular flexibility index (Phi) is 9.71. The maximum atomic E-state index is 13.2. The van der Waals surface area contributed by atoms with Crippen molar-refractivity contribution in [1.29, 1.82) is 0 Å². The summed E-state index contributed by atoms with van der Waals surface area (Å²) >= 11 is 0. The smallest absolute Gasteiger partial charge is 0.344 e. The molecule has 0 aromatic heterocycles. The van der Waals surface area contributed by atoms with E-state index in [0.717, 1.165) is 30.7 Å². The number of hydrogen-bond donors (Lipinski definition) is 1. The molecule has 2 saturated carbocycles. The first kappa shape index (κ1) is 30.9. The highest BCUT2D eigenvalue weighted by molar-refractivity contribution is 5.76. The van der Waals surface area contributed by atoms with Gasteiger partial charge in [0.1, 0.15) is 23.2 Å². The van der Waals surface area contributed by atoms with Crippen LogP contribution >= 0.6 is 0 Å². The summed E-state index contributed by atoms with van der Waals surface area (Å²) in [6.45, 7) is 11.7. The summed E-state index contributed by atoms with van der Waals surface area (Å²) < 4.78 is 17.3. The van der Waals surface area contributed by atoms with E-state index in [0.29, 0.717) is 18.1 Å². The highest BCUT2D eigenvalue weighted by Gasteiger charge is 2.41. The summed E-state index contributed by atoms with van der Waals surface area (Å²) in [4.78, 5) is 25.6. The average molecular weight is 565 g/mol. The van der Waals surface area contributed by atoms with Crippen LogP contribution in [0, 0.1) is 17.3 Å². The second-order valence-corrected chi connectivity index (χ2v) is 13.8. The van der Waals surface area contributed by atoms with E-state index in [-0.39, 0.29) is 42.2 Å². The largest absolute Gasteiger partial charge is 0.508 e. The number of fused-ring (bicyclic) bond motifs is 2. The lowest BCUT2D eigenvalue weighted by atomic mass is 9.74. The van der Waals surface area contributed by atoms with Crippen molar-refractivity contribution in [3.05, 3.63) is 59.7 Å². The van der Waals surface area contributed by atoms with Gasteiger partial charge in [0.15, 0.2) is 6.61 Å². The lowest BCUT2D eigenvalue weighted by Crippen LogP contribution is -2.35. The molecule has 2 aromatic rings. The Labute approximate surface area is 245 Å². The molecule has 2 aliphatic rings. The lowest BCUT2D eigenvalue weighted by molar-refractivity contribution is -0.166. The van der Waals surface area contributed by atoms with Crippen LogP contribution in [0.3, 0.4) is 0 Å². The van der Waals surface area contributed by atoms with Gasteiger partial charge in [-0.3, -0.25) is 4.79 Å². The molecule has 2 aromatic carbocycles. The van der Waals surface area contributed by atoms with Gasteiger partial charge in [-0.1, -0.05) is 31.2 Å². The van der Waals surface area contributed by atoms with Gasteiger partial charge in [-0.05, 0) is 139 Å². The maximum absolute atomic E-state index is 13.2. The Hall–Kier alpha value is -3.02. The molecule has 0 aliphatic heterocycles. The fourth-order valence-electron chi connectivity index (χ4n) is 6.59. The van der Waals surface area contributed by atoms with Crippen LogP contribution in [0.4, 0.5) is 0 Å². The molecule has 2 bridgehead atoms. The van der Waals surface area contributed by atoms with Crippen molar-refractivity contribution in [2.45, 2.75) is 110 Å². The van der Waals surface area contributed by atoms with Crippen LogP contribution in [0.5, 0.6) is 11.5 Å². The number of carbonyl (C=O) groups excluding carboxylic acids is 2. The molecule has 5 unspecified atom stereocenters. The predicted molar refractivity (Wildman–Crippen MR) is 160 cm³/mol. The number of rotatable bonds is 12. The summed E-state index contributed by atoms with van der Waals surface area (Å²) in [5, 5.41) is 9.79. The molecule has 2 aliphatic carbocycles. The Morgan fingerprint density at radius 2 is 1.54 bits per heavy atom. The summed E-state index contributed by atoms with van der Waals surface area (Å²) in [5.74, 6) is 1.94. The van der Waals surface area contributed by atoms with E-state index in [1.165, 1.54) is 24.8 Å². The Morgan fingerprint density at radius 1 is 0.902 bits per heavy atom. The first-order valence-corrected chi connectivity index (χ1v) is 15.3. The molecule has 224 valence electrons. The number of phenols is 1. The van der Waals surface area contributed by atoms with Gasteiger partial charge in [-0.25, -0.2) is 4.79 Å². The molecular formula is C35H48O6. The molecule has 5 atom stereocenters. The number of esters is 2. The molecule has 0 amide bonds. The standard InChI is InChI=1S/C35H48O6/c1-7-24(25-10-14-29(36)15-11-25)20-28(21-35(5,6)33(38)41-34(2,3)4)26-12-16-30(17-13-26)39-22-32(37)40-31-19-23-8-9-27(31)18-23/h10-17,23-24,27-28,31,36H,7-9,18-22H2,1-6H3. The van der Waals surface area contributed by atoms with Crippen molar-refractivity contribution in [1.82, 2.24) is 0 Å². The van der Waals surface area contributed by atoms with E-state index in [9.17, 15) is 14.7 Å². The number of hydrogen-bond acceptors (Lipinski definition) is 6. The van der Waals surface area contributed by atoms with Crippen molar-refractivity contribution in [3.63, 3.8) is 0 Å². The number of aromatic hydroxyl groups is 1. The summed E-state index contributed by atoms with van der Waals surface area (Å²) in [5.41, 5.74) is 1.03. The minimum atomic E-state index is -0.691. The second kappa shape index (κ2) is 12.9. The van der Waals surface area contributed by atoms with Gasteiger partial charge in [-0.2, -0.15) is 0 Å². The van der Waals surface area contributed by atoms with Gasteiger partial charge in [0, 0.05) is 0 Å². The number of benzene rings is 2. The van der Waals surface area contributed by atoms with Crippen molar-refractivity contribution >= 4 is 11.9 Å². The third-order valence-corrected chi connectivity index (χ3v) is 8.80. The molecule has 6 nitrogen and oxygen atoms in total. The van der Waals surface area contributed by atoms with Crippen LogP contribution in [0.2, 0.25) is 0 Å². The first-order chi connectivity index (χ1) is 19.3.